The first-order chi connectivity index (χ1) is 7.66. The number of benzene rings is 1. The predicted octanol–water partition coefficient (Wildman–Crippen LogP) is 5.69. The molecule has 84 valence electrons. The number of hydrogen-bond acceptors (Lipinski definition) is 1. The van der Waals surface area contributed by atoms with E-state index in [-0.39, 0.29) is 5.38 Å². The molecule has 0 spiro atoms. The Morgan fingerprint density at radius 2 is 2.12 bits per heavy atom. The van der Waals surface area contributed by atoms with Gasteiger partial charge in [0.25, 0.3) is 0 Å². The van der Waals surface area contributed by atoms with Gasteiger partial charge < -0.3 is 0 Å². The monoisotopic (exact) mass is 334 g/mol. The Morgan fingerprint density at radius 3 is 2.75 bits per heavy atom. The highest BCUT2D eigenvalue weighted by Crippen LogP contribution is 2.32. The lowest BCUT2D eigenvalue weighted by atomic mass is 10.1. The summed E-state index contributed by atoms with van der Waals surface area (Å²) in [6.07, 6.45) is 0.812. The molecule has 0 saturated heterocycles. The molecular formula is C12H9BrCl2S. The Morgan fingerprint density at radius 1 is 1.31 bits per heavy atom. The van der Waals surface area contributed by atoms with E-state index in [0.717, 1.165) is 16.5 Å². The first-order valence-electron chi connectivity index (χ1n) is 4.77. The lowest BCUT2D eigenvalue weighted by Gasteiger charge is -2.11. The van der Waals surface area contributed by atoms with E-state index >= 15 is 0 Å². The minimum atomic E-state index is -0.0739. The molecule has 0 aliphatic heterocycles. The molecule has 4 heteroatoms. The average molecular weight is 336 g/mol. The van der Waals surface area contributed by atoms with Crippen LogP contribution in [0.15, 0.2) is 39.5 Å². The zero-order valence-electron chi connectivity index (χ0n) is 8.29. The summed E-state index contributed by atoms with van der Waals surface area (Å²) in [4.78, 5) is 0. The van der Waals surface area contributed by atoms with Gasteiger partial charge in [-0.25, -0.2) is 0 Å². The molecule has 1 atom stereocenters. The van der Waals surface area contributed by atoms with E-state index < -0.39 is 0 Å². The summed E-state index contributed by atoms with van der Waals surface area (Å²) in [6, 6.07) is 7.90. The van der Waals surface area contributed by atoms with E-state index in [2.05, 4.69) is 32.8 Å². The Balaban J connectivity index is 2.17. The maximum absolute atomic E-state index is 6.36. The molecule has 0 nitrogen and oxygen atoms in total. The second kappa shape index (κ2) is 5.54. The number of rotatable bonds is 3. The van der Waals surface area contributed by atoms with E-state index in [9.17, 15) is 0 Å². The van der Waals surface area contributed by atoms with Crippen molar-refractivity contribution in [3.05, 3.63) is 55.6 Å². The summed E-state index contributed by atoms with van der Waals surface area (Å²) in [7, 11) is 0. The van der Waals surface area contributed by atoms with Crippen molar-refractivity contribution in [1.29, 1.82) is 0 Å². The van der Waals surface area contributed by atoms with Gasteiger partial charge in [-0.1, -0.05) is 33.6 Å². The van der Waals surface area contributed by atoms with Gasteiger partial charge in [-0.15, -0.1) is 11.6 Å². The molecule has 0 fully saturated rings. The average Bonchev–Trinajstić information content (AvgIpc) is 2.70. The van der Waals surface area contributed by atoms with Crippen LogP contribution in [0.3, 0.4) is 0 Å². The Bertz CT molecular complexity index is 468. The van der Waals surface area contributed by atoms with Crippen LogP contribution in [-0.2, 0) is 6.42 Å². The maximum atomic E-state index is 6.36. The Kier molecular flexibility index (Phi) is 4.31. The summed E-state index contributed by atoms with van der Waals surface area (Å²) in [6.45, 7) is 0. The minimum Gasteiger partial charge on any atom is -0.152 e. The molecule has 0 bridgehead atoms. The lowest BCUT2D eigenvalue weighted by Crippen LogP contribution is -1.95. The first kappa shape index (κ1) is 12.4. The van der Waals surface area contributed by atoms with Crippen molar-refractivity contribution >= 4 is 50.5 Å². The highest BCUT2D eigenvalue weighted by Gasteiger charge is 2.12. The third-order valence-electron chi connectivity index (χ3n) is 2.29. The van der Waals surface area contributed by atoms with Crippen LogP contribution in [0.4, 0.5) is 0 Å². The number of thiophene rings is 1. The van der Waals surface area contributed by atoms with Gasteiger partial charge in [0.05, 0.1) is 5.38 Å². The van der Waals surface area contributed by atoms with Gasteiger partial charge in [-0.3, -0.25) is 0 Å². The van der Waals surface area contributed by atoms with Crippen LogP contribution >= 0.6 is 50.5 Å². The molecule has 2 aromatic rings. The van der Waals surface area contributed by atoms with Crippen LogP contribution in [0, 0.1) is 0 Å². The highest BCUT2D eigenvalue weighted by atomic mass is 79.9. The van der Waals surface area contributed by atoms with E-state index in [4.69, 9.17) is 23.2 Å². The highest BCUT2D eigenvalue weighted by molar-refractivity contribution is 9.10. The zero-order valence-corrected chi connectivity index (χ0v) is 12.2. The molecule has 16 heavy (non-hydrogen) atoms. The van der Waals surface area contributed by atoms with Crippen molar-refractivity contribution in [2.45, 2.75) is 11.8 Å². The molecule has 1 aromatic heterocycles. The normalized spacial score (nSPS) is 12.7. The molecule has 2 rings (SSSR count). The summed E-state index contributed by atoms with van der Waals surface area (Å²) >= 11 is 17.6. The van der Waals surface area contributed by atoms with Crippen molar-refractivity contribution in [2.24, 2.45) is 0 Å². The standard InChI is InChI=1S/C12H9BrCl2S/c13-9-1-2-10(12(15)6-9)11(14)5-8-3-4-16-7-8/h1-4,6-7,11H,5H2. The molecule has 1 aromatic carbocycles. The fraction of sp³-hybridized carbons (Fsp3) is 0.167. The zero-order chi connectivity index (χ0) is 11.5. The fourth-order valence-corrected chi connectivity index (χ4v) is 3.39. The van der Waals surface area contributed by atoms with Crippen LogP contribution < -0.4 is 0 Å². The smallest absolute Gasteiger partial charge is 0.0640 e. The third-order valence-corrected chi connectivity index (χ3v) is 4.24. The van der Waals surface area contributed by atoms with Crippen LogP contribution in [-0.4, -0.2) is 0 Å². The van der Waals surface area contributed by atoms with Crippen molar-refractivity contribution in [2.75, 3.05) is 0 Å². The van der Waals surface area contributed by atoms with Gasteiger partial charge in [0.1, 0.15) is 0 Å². The molecule has 1 unspecified atom stereocenters. The molecule has 1 heterocycles. The van der Waals surface area contributed by atoms with Crippen LogP contribution in [0.1, 0.15) is 16.5 Å². The minimum absolute atomic E-state index is 0.0739. The van der Waals surface area contributed by atoms with Crippen LogP contribution in [0.2, 0.25) is 5.02 Å². The van der Waals surface area contributed by atoms with Crippen LogP contribution in [0.5, 0.6) is 0 Å². The number of hydrogen-bond donors (Lipinski definition) is 0. The third kappa shape index (κ3) is 3.01. The number of halogens is 3. The fourth-order valence-electron chi connectivity index (χ4n) is 1.48. The maximum Gasteiger partial charge on any atom is 0.0640 e. The molecule has 0 saturated carbocycles. The number of alkyl halides is 1. The summed E-state index contributed by atoms with van der Waals surface area (Å²) in [5.41, 5.74) is 2.24. The topological polar surface area (TPSA) is 0 Å². The van der Waals surface area contributed by atoms with Crippen molar-refractivity contribution in [3.8, 4) is 0 Å². The largest absolute Gasteiger partial charge is 0.152 e. The van der Waals surface area contributed by atoms with Crippen molar-refractivity contribution in [3.63, 3.8) is 0 Å². The summed E-state index contributed by atoms with van der Waals surface area (Å²) in [5, 5.41) is 4.81. The summed E-state index contributed by atoms with van der Waals surface area (Å²) in [5.74, 6) is 0. The Hall–Kier alpha value is -0.0200. The summed E-state index contributed by atoms with van der Waals surface area (Å²) < 4.78 is 0.973. The van der Waals surface area contributed by atoms with E-state index in [1.807, 2.05) is 18.2 Å². The van der Waals surface area contributed by atoms with Gasteiger partial charge >= 0.3 is 0 Å². The van der Waals surface area contributed by atoms with E-state index in [0.29, 0.717) is 5.02 Å². The Labute approximate surface area is 117 Å². The lowest BCUT2D eigenvalue weighted by molar-refractivity contribution is 0.924. The SMILES string of the molecule is Clc1cc(Br)ccc1C(Cl)Cc1ccsc1. The molecule has 0 aliphatic rings. The van der Waals surface area contributed by atoms with Crippen molar-refractivity contribution < 1.29 is 0 Å². The molecule has 0 radical (unpaired) electrons. The van der Waals surface area contributed by atoms with Gasteiger partial charge in [0.15, 0.2) is 0 Å². The quantitative estimate of drug-likeness (QED) is 0.632. The van der Waals surface area contributed by atoms with Gasteiger partial charge in [-0.2, -0.15) is 11.3 Å². The van der Waals surface area contributed by atoms with Crippen LogP contribution in [0.25, 0.3) is 0 Å². The van der Waals surface area contributed by atoms with Gasteiger partial charge in [0.2, 0.25) is 0 Å². The second-order valence-electron chi connectivity index (χ2n) is 3.47. The predicted molar refractivity (Wildman–Crippen MR) is 75.8 cm³/mol. The molecule has 0 N–H and O–H groups in total. The molecular weight excluding hydrogens is 327 g/mol. The van der Waals surface area contributed by atoms with Crippen molar-refractivity contribution in [1.82, 2.24) is 0 Å². The molecule has 0 amide bonds. The van der Waals surface area contributed by atoms with E-state index in [1.54, 1.807) is 11.3 Å². The second-order valence-corrected chi connectivity index (χ2v) is 6.10. The van der Waals surface area contributed by atoms with E-state index in [1.165, 1.54) is 5.56 Å². The molecule has 0 aliphatic carbocycles. The first-order valence-corrected chi connectivity index (χ1v) is 7.32. The van der Waals surface area contributed by atoms with Gasteiger partial charge in [-0.05, 0) is 46.5 Å². The van der Waals surface area contributed by atoms with Gasteiger partial charge in [0, 0.05) is 9.50 Å².